The summed E-state index contributed by atoms with van der Waals surface area (Å²) in [5, 5.41) is 11.0. The third kappa shape index (κ3) is 5.89. The number of halogens is 3. The Bertz CT molecular complexity index is 1530. The van der Waals surface area contributed by atoms with E-state index in [1.807, 2.05) is 20.8 Å². The third-order valence-corrected chi connectivity index (χ3v) is 7.19. The summed E-state index contributed by atoms with van der Waals surface area (Å²) < 4.78 is 48.0. The summed E-state index contributed by atoms with van der Waals surface area (Å²) in [6.07, 6.45) is -5.58. The smallest absolute Gasteiger partial charge is 0.457 e. The minimum atomic E-state index is -4.77. The minimum Gasteiger partial charge on any atom is -0.457 e. The molecule has 0 spiro atoms. The first-order valence-corrected chi connectivity index (χ1v) is 12.1. The number of aryl methyl sites for hydroxylation is 1. The van der Waals surface area contributed by atoms with Crippen molar-refractivity contribution in [2.45, 2.75) is 46.7 Å². The normalized spacial score (nSPS) is 13.1. The van der Waals surface area contributed by atoms with Gasteiger partial charge in [-0.05, 0) is 72.0 Å². The van der Waals surface area contributed by atoms with Gasteiger partial charge in [-0.15, -0.1) is 24.5 Å². The Kier molecular flexibility index (Phi) is 6.95. The first-order valence-electron chi connectivity index (χ1n) is 11.3. The average Bonchev–Trinajstić information content (AvgIpc) is 3.14. The van der Waals surface area contributed by atoms with Gasteiger partial charge >= 0.3 is 12.1 Å². The molecule has 0 saturated heterocycles. The molecule has 0 amide bonds. The standard InChI is InChI=1S/C26H25F3N2O5S/c1-14-20-22(33)30-24(34)31(13-19(32)25(2,3)4)23(20)37-21(14)15-5-7-16(8-6-15)35-17-9-11-18(12-10-17)36-26(27,28)29/h5-12,19,32H,13H2,1-4H3,(H,30,33,34). The van der Waals surface area contributed by atoms with E-state index in [0.29, 0.717) is 27.3 Å². The number of thiophene rings is 1. The van der Waals surface area contributed by atoms with Crippen LogP contribution in [0, 0.1) is 12.3 Å². The Morgan fingerprint density at radius 2 is 1.51 bits per heavy atom. The van der Waals surface area contributed by atoms with E-state index in [-0.39, 0.29) is 12.3 Å². The predicted octanol–water partition coefficient (Wildman–Crippen LogP) is 5.82. The molecule has 2 aromatic heterocycles. The maximum absolute atomic E-state index is 12.6. The van der Waals surface area contributed by atoms with Crippen molar-refractivity contribution in [2.75, 3.05) is 0 Å². The number of nitrogens with zero attached hydrogens (tertiary/aromatic N) is 1. The Hall–Kier alpha value is -3.57. The summed E-state index contributed by atoms with van der Waals surface area (Å²) >= 11 is 1.29. The van der Waals surface area contributed by atoms with Gasteiger partial charge in [-0.2, -0.15) is 0 Å². The van der Waals surface area contributed by atoms with Gasteiger partial charge in [0.2, 0.25) is 0 Å². The van der Waals surface area contributed by atoms with E-state index in [9.17, 15) is 27.9 Å². The zero-order valence-corrected chi connectivity index (χ0v) is 21.3. The van der Waals surface area contributed by atoms with Crippen LogP contribution in [0.4, 0.5) is 13.2 Å². The van der Waals surface area contributed by atoms with Gasteiger partial charge < -0.3 is 14.6 Å². The first kappa shape index (κ1) is 26.5. The number of aromatic amines is 1. The van der Waals surface area contributed by atoms with Crippen molar-refractivity contribution in [2.24, 2.45) is 5.41 Å². The monoisotopic (exact) mass is 534 g/mol. The van der Waals surface area contributed by atoms with E-state index in [1.165, 1.54) is 28.0 Å². The van der Waals surface area contributed by atoms with Crippen molar-refractivity contribution < 1.29 is 27.8 Å². The zero-order valence-electron chi connectivity index (χ0n) is 20.5. The van der Waals surface area contributed by atoms with Crippen LogP contribution in [0.25, 0.3) is 20.7 Å². The maximum Gasteiger partial charge on any atom is 0.573 e. The second kappa shape index (κ2) is 9.71. The lowest BCUT2D eigenvalue weighted by atomic mass is 9.89. The van der Waals surface area contributed by atoms with Gasteiger partial charge in [-0.25, -0.2) is 4.79 Å². The summed E-state index contributed by atoms with van der Waals surface area (Å²) in [5.74, 6) is 0.433. The molecule has 1 atom stereocenters. The van der Waals surface area contributed by atoms with Crippen LogP contribution >= 0.6 is 11.3 Å². The number of aromatic nitrogens is 2. The lowest BCUT2D eigenvalue weighted by molar-refractivity contribution is -0.274. The van der Waals surface area contributed by atoms with Crippen molar-refractivity contribution in [3.63, 3.8) is 0 Å². The number of alkyl halides is 3. The molecule has 0 aliphatic rings. The van der Waals surface area contributed by atoms with Crippen LogP contribution in [0.15, 0.2) is 58.1 Å². The topological polar surface area (TPSA) is 93.5 Å². The Balaban J connectivity index is 1.62. The Morgan fingerprint density at radius 1 is 0.973 bits per heavy atom. The highest BCUT2D eigenvalue weighted by Gasteiger charge is 2.31. The molecule has 0 fully saturated rings. The molecule has 0 bridgehead atoms. The van der Waals surface area contributed by atoms with Gasteiger partial charge in [0.05, 0.1) is 18.0 Å². The average molecular weight is 535 g/mol. The molecule has 7 nitrogen and oxygen atoms in total. The van der Waals surface area contributed by atoms with Crippen LogP contribution in [0.3, 0.4) is 0 Å². The molecule has 1 unspecified atom stereocenters. The highest BCUT2D eigenvalue weighted by molar-refractivity contribution is 7.22. The van der Waals surface area contributed by atoms with Crippen LogP contribution < -0.4 is 20.7 Å². The van der Waals surface area contributed by atoms with E-state index in [4.69, 9.17) is 4.74 Å². The van der Waals surface area contributed by atoms with Crippen molar-refractivity contribution in [1.82, 2.24) is 9.55 Å². The van der Waals surface area contributed by atoms with E-state index in [0.717, 1.165) is 22.6 Å². The summed E-state index contributed by atoms with van der Waals surface area (Å²) in [7, 11) is 0. The van der Waals surface area contributed by atoms with Crippen LogP contribution in [0.5, 0.6) is 17.2 Å². The maximum atomic E-state index is 12.6. The molecule has 0 radical (unpaired) electrons. The predicted molar refractivity (Wildman–Crippen MR) is 136 cm³/mol. The molecule has 37 heavy (non-hydrogen) atoms. The van der Waals surface area contributed by atoms with Crippen molar-refractivity contribution in [3.8, 4) is 27.7 Å². The highest BCUT2D eigenvalue weighted by Crippen LogP contribution is 2.37. The molecule has 2 aromatic carbocycles. The van der Waals surface area contributed by atoms with Crippen LogP contribution in [0.2, 0.25) is 0 Å². The highest BCUT2D eigenvalue weighted by atomic mass is 32.1. The van der Waals surface area contributed by atoms with E-state index in [1.54, 1.807) is 31.2 Å². The molecule has 0 saturated carbocycles. The van der Waals surface area contributed by atoms with E-state index < -0.39 is 29.1 Å². The molecular weight excluding hydrogens is 509 g/mol. The molecule has 0 aliphatic carbocycles. The van der Waals surface area contributed by atoms with E-state index in [2.05, 4.69) is 9.72 Å². The molecular formula is C26H25F3N2O5S. The second-order valence-corrected chi connectivity index (χ2v) is 10.6. The largest absolute Gasteiger partial charge is 0.573 e. The summed E-state index contributed by atoms with van der Waals surface area (Å²) in [6, 6.07) is 12.0. The summed E-state index contributed by atoms with van der Waals surface area (Å²) in [6.45, 7) is 7.43. The third-order valence-electron chi connectivity index (χ3n) is 5.83. The lowest BCUT2D eigenvalue weighted by Gasteiger charge is -2.26. The number of hydrogen-bond acceptors (Lipinski definition) is 6. The lowest BCUT2D eigenvalue weighted by Crippen LogP contribution is -2.37. The number of aliphatic hydroxyl groups excluding tert-OH is 1. The van der Waals surface area contributed by atoms with Gasteiger partial charge in [0.25, 0.3) is 5.56 Å². The van der Waals surface area contributed by atoms with Crippen molar-refractivity contribution in [3.05, 3.63) is 74.9 Å². The van der Waals surface area contributed by atoms with Gasteiger partial charge in [0.15, 0.2) is 0 Å². The number of fused-ring (bicyclic) bond motifs is 1. The molecule has 2 heterocycles. The second-order valence-electron chi connectivity index (χ2n) is 9.63. The molecule has 4 rings (SSSR count). The van der Waals surface area contributed by atoms with Crippen LogP contribution in [-0.2, 0) is 6.54 Å². The molecule has 2 N–H and O–H groups in total. The molecule has 11 heteroatoms. The fourth-order valence-electron chi connectivity index (χ4n) is 3.68. The molecule has 0 aliphatic heterocycles. The minimum absolute atomic E-state index is 0.0363. The molecule has 196 valence electrons. The van der Waals surface area contributed by atoms with Gasteiger partial charge in [0, 0.05) is 4.88 Å². The number of ether oxygens (including phenoxy) is 2. The first-order chi connectivity index (χ1) is 17.2. The zero-order chi connectivity index (χ0) is 27.1. The number of benzene rings is 2. The number of nitrogens with one attached hydrogen (secondary N) is 1. The van der Waals surface area contributed by atoms with Crippen molar-refractivity contribution in [1.29, 1.82) is 0 Å². The Morgan fingerprint density at radius 3 is 2.05 bits per heavy atom. The Labute approximate surface area is 213 Å². The quantitative estimate of drug-likeness (QED) is 0.325. The van der Waals surface area contributed by atoms with Crippen molar-refractivity contribution >= 4 is 21.6 Å². The van der Waals surface area contributed by atoms with Crippen LogP contribution in [0.1, 0.15) is 26.3 Å². The number of aliphatic hydroxyl groups is 1. The number of rotatable bonds is 6. The number of hydrogen-bond donors (Lipinski definition) is 2. The van der Waals surface area contributed by atoms with Crippen LogP contribution in [-0.4, -0.2) is 27.1 Å². The van der Waals surface area contributed by atoms with Gasteiger partial charge in [-0.1, -0.05) is 20.8 Å². The fourth-order valence-corrected chi connectivity index (χ4v) is 5.00. The molecule has 4 aromatic rings. The van der Waals surface area contributed by atoms with Gasteiger partial charge in [-0.3, -0.25) is 14.3 Å². The SMILES string of the molecule is Cc1c(-c2ccc(Oc3ccc(OC(F)(F)F)cc3)cc2)sc2c1c(=O)[nH]c(=O)n2CC(O)C(C)(C)C. The summed E-state index contributed by atoms with van der Waals surface area (Å²) in [5.41, 5.74) is -0.0363. The number of H-pyrrole nitrogens is 1. The van der Waals surface area contributed by atoms with E-state index >= 15 is 0 Å². The summed E-state index contributed by atoms with van der Waals surface area (Å²) in [4.78, 5) is 28.9. The fraction of sp³-hybridized carbons (Fsp3) is 0.308. The van der Waals surface area contributed by atoms with Gasteiger partial charge in [0.1, 0.15) is 22.1 Å².